The van der Waals surface area contributed by atoms with Crippen molar-refractivity contribution in [3.8, 4) is 0 Å². The van der Waals surface area contributed by atoms with E-state index < -0.39 is 0 Å². The van der Waals surface area contributed by atoms with Gasteiger partial charge in [-0.25, -0.2) is 15.0 Å². The number of rotatable bonds is 4. The summed E-state index contributed by atoms with van der Waals surface area (Å²) in [6, 6.07) is 1.89. The Morgan fingerprint density at radius 3 is 2.92 bits per heavy atom. The fourth-order valence-electron chi connectivity index (χ4n) is 3.03. The molecule has 6 nitrogen and oxygen atoms in total. The highest BCUT2D eigenvalue weighted by atomic mass is 32.1. The van der Waals surface area contributed by atoms with Gasteiger partial charge in [-0.1, -0.05) is 6.92 Å². The first-order chi connectivity index (χ1) is 11.6. The summed E-state index contributed by atoms with van der Waals surface area (Å²) in [7, 11) is 0. The highest BCUT2D eigenvalue weighted by molar-refractivity contribution is 7.15. The number of likely N-dealkylation sites (tertiary alicyclic amines) is 1. The molecule has 1 N–H and O–H groups in total. The van der Waals surface area contributed by atoms with E-state index in [1.54, 1.807) is 11.3 Å². The molecule has 0 saturated carbocycles. The van der Waals surface area contributed by atoms with E-state index in [2.05, 4.69) is 20.3 Å². The Morgan fingerprint density at radius 2 is 2.21 bits per heavy atom. The molecular formula is C17H23N5OS. The second kappa shape index (κ2) is 7.25. The number of thiazole rings is 1. The molecule has 24 heavy (non-hydrogen) atoms. The maximum absolute atomic E-state index is 12.3. The van der Waals surface area contributed by atoms with Crippen LogP contribution in [-0.2, 0) is 4.79 Å². The molecule has 1 saturated heterocycles. The van der Waals surface area contributed by atoms with Crippen molar-refractivity contribution in [2.75, 3.05) is 11.9 Å². The van der Waals surface area contributed by atoms with Crippen LogP contribution in [-0.4, -0.2) is 32.3 Å². The molecule has 1 atom stereocenters. The van der Waals surface area contributed by atoms with Gasteiger partial charge in [0.15, 0.2) is 11.0 Å². The average Bonchev–Trinajstić information content (AvgIpc) is 2.98. The summed E-state index contributed by atoms with van der Waals surface area (Å²) >= 11 is 1.59. The molecule has 0 bridgehead atoms. The standard InChI is InChI=1S/C17H23N5OS/c1-4-15(23)22-8-6-5-7-13(22)16-19-11(2)9-14(20-16)21-17-18-10-12(3)24-17/h9-10,13H,4-8H2,1-3H3,(H,18,19,20,21)/t13-/m1/s1. The topological polar surface area (TPSA) is 71.0 Å². The minimum absolute atomic E-state index is 0.0234. The third kappa shape index (κ3) is 3.72. The summed E-state index contributed by atoms with van der Waals surface area (Å²) < 4.78 is 0. The number of piperidine rings is 1. The van der Waals surface area contributed by atoms with Gasteiger partial charge in [-0.15, -0.1) is 11.3 Å². The number of aromatic nitrogens is 3. The predicted octanol–water partition coefficient (Wildman–Crippen LogP) is 3.76. The largest absolute Gasteiger partial charge is 0.332 e. The van der Waals surface area contributed by atoms with Gasteiger partial charge in [0.25, 0.3) is 0 Å². The van der Waals surface area contributed by atoms with Gasteiger partial charge >= 0.3 is 0 Å². The lowest BCUT2D eigenvalue weighted by Gasteiger charge is -2.34. The van der Waals surface area contributed by atoms with E-state index in [1.807, 2.05) is 37.9 Å². The molecule has 7 heteroatoms. The summed E-state index contributed by atoms with van der Waals surface area (Å²) in [4.78, 5) is 29.0. The van der Waals surface area contributed by atoms with Crippen LogP contribution >= 0.6 is 11.3 Å². The fourth-order valence-corrected chi connectivity index (χ4v) is 3.70. The first-order valence-electron chi connectivity index (χ1n) is 8.41. The molecule has 0 aliphatic carbocycles. The van der Waals surface area contributed by atoms with Crippen molar-refractivity contribution in [3.05, 3.63) is 28.7 Å². The van der Waals surface area contributed by atoms with Crippen LogP contribution in [0.5, 0.6) is 0 Å². The van der Waals surface area contributed by atoms with Gasteiger partial charge in [-0.05, 0) is 33.1 Å². The maximum Gasteiger partial charge on any atom is 0.222 e. The summed E-state index contributed by atoms with van der Waals surface area (Å²) in [5.41, 5.74) is 0.894. The van der Waals surface area contributed by atoms with E-state index >= 15 is 0 Å². The molecule has 1 aliphatic rings. The molecule has 2 aromatic rings. The number of nitrogens with zero attached hydrogens (tertiary/aromatic N) is 4. The predicted molar refractivity (Wildman–Crippen MR) is 95.5 cm³/mol. The summed E-state index contributed by atoms with van der Waals surface area (Å²) in [6.45, 7) is 6.68. The van der Waals surface area contributed by atoms with E-state index in [4.69, 9.17) is 0 Å². The summed E-state index contributed by atoms with van der Waals surface area (Å²) in [5.74, 6) is 1.64. The molecule has 0 aromatic carbocycles. The SMILES string of the molecule is CCC(=O)N1CCCC[C@@H]1c1nc(C)cc(Nc2ncc(C)s2)n1. The first kappa shape index (κ1) is 16.8. The summed E-state index contributed by atoms with van der Waals surface area (Å²) in [6.07, 6.45) is 5.43. The number of aryl methyl sites for hydroxylation is 2. The molecule has 3 rings (SSSR count). The number of anilines is 2. The molecule has 128 valence electrons. The minimum Gasteiger partial charge on any atom is -0.332 e. The molecule has 1 fully saturated rings. The summed E-state index contributed by atoms with van der Waals surface area (Å²) in [5, 5.41) is 4.08. The van der Waals surface area contributed by atoms with Crippen molar-refractivity contribution < 1.29 is 4.79 Å². The van der Waals surface area contributed by atoms with Gasteiger partial charge in [-0.2, -0.15) is 0 Å². The Morgan fingerprint density at radius 1 is 1.38 bits per heavy atom. The molecular weight excluding hydrogens is 322 g/mol. The zero-order chi connectivity index (χ0) is 17.1. The Hall–Kier alpha value is -2.02. The molecule has 1 amide bonds. The number of nitrogens with one attached hydrogen (secondary N) is 1. The molecule has 3 heterocycles. The van der Waals surface area contributed by atoms with Gasteiger partial charge in [0, 0.05) is 35.8 Å². The number of hydrogen-bond donors (Lipinski definition) is 1. The number of hydrogen-bond acceptors (Lipinski definition) is 6. The maximum atomic E-state index is 12.3. The fraction of sp³-hybridized carbons (Fsp3) is 0.529. The van der Waals surface area contributed by atoms with Crippen LogP contribution < -0.4 is 5.32 Å². The normalized spacial score (nSPS) is 17.8. The van der Waals surface area contributed by atoms with Crippen molar-refractivity contribution in [2.45, 2.75) is 52.5 Å². The molecule has 2 aromatic heterocycles. The van der Waals surface area contributed by atoms with E-state index in [1.165, 1.54) is 0 Å². The highest BCUT2D eigenvalue weighted by Gasteiger charge is 2.29. The van der Waals surface area contributed by atoms with Crippen LogP contribution in [0.1, 0.15) is 55.0 Å². The zero-order valence-corrected chi connectivity index (χ0v) is 15.2. The molecule has 0 unspecified atom stereocenters. The van der Waals surface area contributed by atoms with E-state index in [-0.39, 0.29) is 11.9 Å². The number of carbonyl (C=O) groups is 1. The first-order valence-corrected chi connectivity index (χ1v) is 9.23. The molecule has 0 spiro atoms. The van der Waals surface area contributed by atoms with E-state index in [0.717, 1.165) is 53.2 Å². The number of carbonyl (C=O) groups excluding carboxylic acids is 1. The Bertz CT molecular complexity index is 730. The van der Waals surface area contributed by atoms with Crippen LogP contribution in [0.4, 0.5) is 10.9 Å². The zero-order valence-electron chi connectivity index (χ0n) is 14.4. The quantitative estimate of drug-likeness (QED) is 0.913. The second-order valence-electron chi connectivity index (χ2n) is 6.11. The lowest BCUT2D eigenvalue weighted by molar-refractivity contribution is -0.134. The van der Waals surface area contributed by atoms with Crippen molar-refractivity contribution in [3.63, 3.8) is 0 Å². The van der Waals surface area contributed by atoms with Crippen molar-refractivity contribution in [1.82, 2.24) is 19.9 Å². The molecule has 0 radical (unpaired) electrons. The van der Waals surface area contributed by atoms with Crippen LogP contribution in [0.2, 0.25) is 0 Å². The van der Waals surface area contributed by atoms with Gasteiger partial charge in [0.2, 0.25) is 5.91 Å². The van der Waals surface area contributed by atoms with Crippen molar-refractivity contribution >= 4 is 28.2 Å². The third-order valence-corrected chi connectivity index (χ3v) is 4.98. The van der Waals surface area contributed by atoms with E-state index in [0.29, 0.717) is 6.42 Å². The van der Waals surface area contributed by atoms with Crippen LogP contribution in [0.25, 0.3) is 0 Å². The smallest absolute Gasteiger partial charge is 0.222 e. The van der Waals surface area contributed by atoms with Crippen molar-refractivity contribution in [1.29, 1.82) is 0 Å². The Labute approximate surface area is 146 Å². The van der Waals surface area contributed by atoms with Crippen molar-refractivity contribution in [2.24, 2.45) is 0 Å². The molecule has 1 aliphatic heterocycles. The Balaban J connectivity index is 1.87. The average molecular weight is 345 g/mol. The highest BCUT2D eigenvalue weighted by Crippen LogP contribution is 2.31. The minimum atomic E-state index is -0.0234. The number of amides is 1. The van der Waals surface area contributed by atoms with E-state index in [9.17, 15) is 4.79 Å². The van der Waals surface area contributed by atoms with Gasteiger partial charge in [-0.3, -0.25) is 4.79 Å². The van der Waals surface area contributed by atoms with Gasteiger partial charge < -0.3 is 10.2 Å². The van der Waals surface area contributed by atoms with Gasteiger partial charge in [0.05, 0.1) is 6.04 Å². The lowest BCUT2D eigenvalue weighted by atomic mass is 10.0. The third-order valence-electron chi connectivity index (χ3n) is 4.15. The van der Waals surface area contributed by atoms with Gasteiger partial charge in [0.1, 0.15) is 5.82 Å². The Kier molecular flexibility index (Phi) is 5.08. The van der Waals surface area contributed by atoms with Crippen LogP contribution in [0, 0.1) is 13.8 Å². The lowest BCUT2D eigenvalue weighted by Crippen LogP contribution is -2.39. The van der Waals surface area contributed by atoms with Crippen LogP contribution in [0.3, 0.4) is 0 Å². The van der Waals surface area contributed by atoms with Crippen LogP contribution in [0.15, 0.2) is 12.3 Å². The monoisotopic (exact) mass is 345 g/mol. The second-order valence-corrected chi connectivity index (χ2v) is 7.34.